The molecule has 3 nitrogen and oxygen atoms in total. The van der Waals surface area contributed by atoms with Crippen molar-refractivity contribution in [1.82, 2.24) is 4.98 Å². The lowest BCUT2D eigenvalue weighted by molar-refractivity contribution is -0.115. The minimum atomic E-state index is -0.112. The van der Waals surface area contributed by atoms with Gasteiger partial charge in [-0.05, 0) is 36.8 Å². The van der Waals surface area contributed by atoms with E-state index in [-0.39, 0.29) is 11.2 Å². The summed E-state index contributed by atoms with van der Waals surface area (Å²) in [6.07, 6.45) is 3.32. The number of aromatic nitrogens is 1. The topological polar surface area (TPSA) is 42.0 Å². The average molecular weight is 351 g/mol. The van der Waals surface area contributed by atoms with Gasteiger partial charge in [-0.1, -0.05) is 28.1 Å². The molecule has 2 aromatic rings. The monoisotopic (exact) mass is 350 g/mol. The number of hydrogen-bond donors (Lipinski definition) is 1. The van der Waals surface area contributed by atoms with Crippen LogP contribution in [0.1, 0.15) is 12.5 Å². The highest BCUT2D eigenvalue weighted by atomic mass is 79.9. The molecule has 0 saturated carbocycles. The van der Waals surface area contributed by atoms with Gasteiger partial charge in [0.25, 0.3) is 0 Å². The van der Waals surface area contributed by atoms with E-state index in [0.29, 0.717) is 0 Å². The summed E-state index contributed by atoms with van der Waals surface area (Å²) in [5.41, 5.74) is 1.94. The van der Waals surface area contributed by atoms with E-state index in [1.807, 2.05) is 25.1 Å². The third-order valence-corrected chi connectivity index (χ3v) is 4.45. The third-order valence-electron chi connectivity index (χ3n) is 2.71. The highest BCUT2D eigenvalue weighted by Crippen LogP contribution is 2.20. The van der Waals surface area contributed by atoms with Gasteiger partial charge in [0.1, 0.15) is 0 Å². The summed E-state index contributed by atoms with van der Waals surface area (Å²) in [7, 11) is 0. The Morgan fingerprint density at radius 1 is 1.35 bits per heavy atom. The van der Waals surface area contributed by atoms with Crippen molar-refractivity contribution in [3.8, 4) is 0 Å². The first-order chi connectivity index (χ1) is 9.65. The molecule has 20 heavy (non-hydrogen) atoms. The van der Waals surface area contributed by atoms with Crippen LogP contribution in [0, 0.1) is 0 Å². The largest absolute Gasteiger partial charge is 0.324 e. The summed E-state index contributed by atoms with van der Waals surface area (Å²) in [6, 6.07) is 11.8. The van der Waals surface area contributed by atoms with Gasteiger partial charge in [0.15, 0.2) is 0 Å². The fraction of sp³-hybridized carbons (Fsp3) is 0.200. The van der Waals surface area contributed by atoms with Gasteiger partial charge in [0.2, 0.25) is 5.91 Å². The van der Waals surface area contributed by atoms with E-state index in [0.717, 1.165) is 15.9 Å². The van der Waals surface area contributed by atoms with E-state index in [9.17, 15) is 4.79 Å². The van der Waals surface area contributed by atoms with Crippen molar-refractivity contribution in [2.45, 2.75) is 17.9 Å². The molecule has 1 aromatic heterocycles. The number of thioether (sulfide) groups is 1. The molecule has 1 amide bonds. The number of benzene rings is 1. The summed E-state index contributed by atoms with van der Waals surface area (Å²) in [5.74, 6) is 0.814. The van der Waals surface area contributed by atoms with Gasteiger partial charge in [0.05, 0.1) is 17.1 Å². The van der Waals surface area contributed by atoms with Crippen LogP contribution in [0.25, 0.3) is 0 Å². The van der Waals surface area contributed by atoms with E-state index < -0.39 is 0 Å². The lowest BCUT2D eigenvalue weighted by atomic mass is 10.2. The molecule has 2 rings (SSSR count). The number of anilines is 1. The first-order valence-corrected chi connectivity index (χ1v) is 8.06. The molecule has 1 unspecified atom stereocenters. The molecule has 0 aliphatic carbocycles. The Balaban J connectivity index is 1.83. The lowest BCUT2D eigenvalue weighted by Gasteiger charge is -2.11. The van der Waals surface area contributed by atoms with E-state index in [1.54, 1.807) is 30.2 Å². The third kappa shape index (κ3) is 4.65. The van der Waals surface area contributed by atoms with Crippen LogP contribution in [0.15, 0.2) is 53.3 Å². The Hall–Kier alpha value is -1.33. The zero-order chi connectivity index (χ0) is 14.4. The summed E-state index contributed by atoms with van der Waals surface area (Å²) < 4.78 is 1.06. The number of halogens is 1. The molecule has 0 aliphatic rings. The molecule has 104 valence electrons. The molecule has 1 atom stereocenters. The van der Waals surface area contributed by atoms with Crippen LogP contribution in [0.2, 0.25) is 0 Å². The SMILES string of the molecule is CC(SCc1ccc(Br)cc1)C(=O)Nc1cccnc1. The highest BCUT2D eigenvalue weighted by molar-refractivity contribution is 9.10. The number of rotatable bonds is 5. The normalized spacial score (nSPS) is 11.9. The van der Waals surface area contributed by atoms with Gasteiger partial charge in [0, 0.05) is 16.4 Å². The van der Waals surface area contributed by atoms with Gasteiger partial charge in [-0.2, -0.15) is 0 Å². The predicted molar refractivity (Wildman–Crippen MR) is 87.8 cm³/mol. The van der Waals surface area contributed by atoms with Crippen molar-refractivity contribution >= 4 is 39.3 Å². The second-order valence-corrected chi connectivity index (χ2v) is 6.56. The van der Waals surface area contributed by atoms with E-state index >= 15 is 0 Å². The molecule has 1 aromatic carbocycles. The molecule has 0 bridgehead atoms. The maximum absolute atomic E-state index is 12.0. The molecular weight excluding hydrogens is 336 g/mol. The minimum absolute atomic E-state index is 0.000103. The van der Waals surface area contributed by atoms with Gasteiger partial charge in [-0.25, -0.2) is 0 Å². The fourth-order valence-electron chi connectivity index (χ4n) is 1.56. The Morgan fingerprint density at radius 2 is 2.10 bits per heavy atom. The van der Waals surface area contributed by atoms with Crippen LogP contribution in [0.4, 0.5) is 5.69 Å². The molecule has 0 aliphatic heterocycles. The first kappa shape index (κ1) is 15.1. The summed E-state index contributed by atoms with van der Waals surface area (Å²) in [5, 5.41) is 2.75. The maximum atomic E-state index is 12.0. The zero-order valence-corrected chi connectivity index (χ0v) is 13.4. The second-order valence-electron chi connectivity index (χ2n) is 4.31. The molecule has 1 heterocycles. The molecular formula is C15H15BrN2OS. The Bertz CT molecular complexity index is 560. The summed E-state index contributed by atoms with van der Waals surface area (Å²) >= 11 is 5.02. The first-order valence-electron chi connectivity index (χ1n) is 6.22. The molecule has 0 saturated heterocycles. The van der Waals surface area contributed by atoms with Crippen LogP contribution < -0.4 is 5.32 Å². The zero-order valence-electron chi connectivity index (χ0n) is 11.0. The van der Waals surface area contributed by atoms with Crippen LogP contribution in [0.3, 0.4) is 0 Å². The number of hydrogen-bond acceptors (Lipinski definition) is 3. The van der Waals surface area contributed by atoms with Gasteiger partial charge >= 0.3 is 0 Å². The van der Waals surface area contributed by atoms with Crippen molar-refractivity contribution in [3.05, 3.63) is 58.8 Å². The van der Waals surface area contributed by atoms with Gasteiger partial charge in [-0.15, -0.1) is 11.8 Å². The number of pyridine rings is 1. The number of nitrogens with one attached hydrogen (secondary N) is 1. The van der Waals surface area contributed by atoms with Crippen molar-refractivity contribution in [2.75, 3.05) is 5.32 Å². The molecule has 1 N–H and O–H groups in total. The van der Waals surface area contributed by atoms with E-state index in [4.69, 9.17) is 0 Å². The van der Waals surface area contributed by atoms with Crippen molar-refractivity contribution < 1.29 is 4.79 Å². The van der Waals surface area contributed by atoms with Crippen molar-refractivity contribution in [2.24, 2.45) is 0 Å². The van der Waals surface area contributed by atoms with Gasteiger partial charge in [-0.3, -0.25) is 9.78 Å². The Kier molecular flexibility index (Phi) is 5.61. The number of nitrogens with zero attached hydrogens (tertiary/aromatic N) is 1. The molecule has 0 radical (unpaired) electrons. The molecule has 0 fully saturated rings. The summed E-state index contributed by atoms with van der Waals surface area (Å²) in [4.78, 5) is 16.0. The Labute approximate surface area is 131 Å². The maximum Gasteiger partial charge on any atom is 0.237 e. The molecule has 0 spiro atoms. The number of carbonyl (C=O) groups excluding carboxylic acids is 1. The number of amides is 1. The second kappa shape index (κ2) is 7.45. The average Bonchev–Trinajstić information content (AvgIpc) is 2.47. The smallest absolute Gasteiger partial charge is 0.237 e. The molecule has 5 heteroatoms. The minimum Gasteiger partial charge on any atom is -0.324 e. The quantitative estimate of drug-likeness (QED) is 0.882. The van der Waals surface area contributed by atoms with Crippen LogP contribution in [-0.4, -0.2) is 16.1 Å². The highest BCUT2D eigenvalue weighted by Gasteiger charge is 2.13. The number of carbonyl (C=O) groups is 1. The van der Waals surface area contributed by atoms with E-state index in [1.165, 1.54) is 5.56 Å². The standard InChI is InChI=1S/C15H15BrN2OS/c1-11(15(19)18-14-3-2-8-17-9-14)20-10-12-4-6-13(16)7-5-12/h2-9,11H,10H2,1H3,(H,18,19). The van der Waals surface area contributed by atoms with E-state index in [2.05, 4.69) is 38.4 Å². The lowest BCUT2D eigenvalue weighted by Crippen LogP contribution is -2.22. The Morgan fingerprint density at radius 3 is 2.75 bits per heavy atom. The van der Waals surface area contributed by atoms with Gasteiger partial charge < -0.3 is 5.32 Å². The predicted octanol–water partition coefficient (Wildman–Crippen LogP) is 4.10. The van der Waals surface area contributed by atoms with Crippen molar-refractivity contribution in [3.63, 3.8) is 0 Å². The van der Waals surface area contributed by atoms with Crippen LogP contribution >= 0.6 is 27.7 Å². The van der Waals surface area contributed by atoms with Crippen molar-refractivity contribution in [1.29, 1.82) is 0 Å². The fourth-order valence-corrected chi connectivity index (χ4v) is 2.67. The van der Waals surface area contributed by atoms with Crippen LogP contribution in [-0.2, 0) is 10.5 Å². The van der Waals surface area contributed by atoms with Crippen LogP contribution in [0.5, 0.6) is 0 Å². The summed E-state index contributed by atoms with van der Waals surface area (Å²) in [6.45, 7) is 1.91.